The summed E-state index contributed by atoms with van der Waals surface area (Å²) in [6, 6.07) is 11.2. The first-order valence-corrected chi connectivity index (χ1v) is 7.32. The molecule has 0 spiro atoms. The van der Waals surface area contributed by atoms with Crippen molar-refractivity contribution in [2.24, 2.45) is 0 Å². The van der Waals surface area contributed by atoms with Crippen molar-refractivity contribution in [3.63, 3.8) is 0 Å². The van der Waals surface area contributed by atoms with Crippen molar-refractivity contribution < 1.29 is 4.74 Å². The largest absolute Gasteiger partial charge is 0.379 e. The molecule has 4 rings (SSSR count). The highest BCUT2D eigenvalue weighted by Crippen LogP contribution is 2.30. The number of hydrogen-bond acceptors (Lipinski definition) is 4. The zero-order valence-corrected chi connectivity index (χ0v) is 11.5. The van der Waals surface area contributed by atoms with Crippen LogP contribution in [0.5, 0.6) is 0 Å². The lowest BCUT2D eigenvalue weighted by Gasteiger charge is -2.48. The van der Waals surface area contributed by atoms with E-state index in [-0.39, 0.29) is 0 Å². The summed E-state index contributed by atoms with van der Waals surface area (Å²) in [5, 5.41) is 1.26. The van der Waals surface area contributed by atoms with Crippen LogP contribution in [0.25, 0.3) is 10.9 Å². The molecule has 4 nitrogen and oxygen atoms in total. The van der Waals surface area contributed by atoms with Gasteiger partial charge in [0.1, 0.15) is 0 Å². The number of nitrogens with zero attached hydrogens (tertiary/aromatic N) is 3. The Morgan fingerprint density at radius 3 is 2.70 bits per heavy atom. The Morgan fingerprint density at radius 2 is 1.85 bits per heavy atom. The summed E-state index contributed by atoms with van der Waals surface area (Å²) in [7, 11) is 0. The first-order valence-electron chi connectivity index (χ1n) is 7.32. The molecule has 0 unspecified atom stereocenters. The quantitative estimate of drug-likeness (QED) is 0.830. The molecule has 0 bridgehead atoms. The Kier molecular flexibility index (Phi) is 3.05. The van der Waals surface area contributed by atoms with Gasteiger partial charge < -0.3 is 9.64 Å². The van der Waals surface area contributed by atoms with Crippen LogP contribution in [0.15, 0.2) is 36.5 Å². The summed E-state index contributed by atoms with van der Waals surface area (Å²) >= 11 is 0. The van der Waals surface area contributed by atoms with Gasteiger partial charge in [0.15, 0.2) is 0 Å². The van der Waals surface area contributed by atoms with Crippen LogP contribution in [0.1, 0.15) is 0 Å². The van der Waals surface area contributed by atoms with Gasteiger partial charge in [0.05, 0.1) is 18.7 Å². The number of fused-ring (bicyclic) bond motifs is 1. The SMILES string of the molecule is c1ccc2c(N3CC(N4CCOCC4)C3)ccnc2c1. The predicted octanol–water partition coefficient (Wildman–Crippen LogP) is 1.76. The van der Waals surface area contributed by atoms with Crippen LogP contribution >= 0.6 is 0 Å². The third-order valence-corrected chi connectivity index (χ3v) is 4.39. The molecule has 2 aliphatic rings. The molecule has 1 aromatic heterocycles. The van der Waals surface area contributed by atoms with E-state index in [1.165, 1.54) is 11.1 Å². The molecule has 0 saturated carbocycles. The molecule has 2 aliphatic heterocycles. The number of ether oxygens (including phenoxy) is 1. The van der Waals surface area contributed by atoms with Gasteiger partial charge in [-0.3, -0.25) is 9.88 Å². The number of morpholine rings is 1. The zero-order chi connectivity index (χ0) is 13.4. The van der Waals surface area contributed by atoms with Gasteiger partial charge >= 0.3 is 0 Å². The number of para-hydroxylation sites is 1. The van der Waals surface area contributed by atoms with E-state index in [0.717, 1.165) is 44.9 Å². The fourth-order valence-corrected chi connectivity index (χ4v) is 3.18. The molecule has 2 fully saturated rings. The van der Waals surface area contributed by atoms with Gasteiger partial charge in [0.2, 0.25) is 0 Å². The van der Waals surface area contributed by atoms with Gasteiger partial charge in [0, 0.05) is 49.5 Å². The van der Waals surface area contributed by atoms with Crippen LogP contribution in [0.4, 0.5) is 5.69 Å². The fourth-order valence-electron chi connectivity index (χ4n) is 3.18. The Labute approximate surface area is 119 Å². The molecule has 104 valence electrons. The molecule has 0 aliphatic carbocycles. The molecule has 0 amide bonds. The Hall–Kier alpha value is -1.65. The standard InChI is InChI=1S/C16H19N3O/c1-2-4-15-14(3-1)16(5-6-17-15)19-11-13(12-19)18-7-9-20-10-8-18/h1-6,13H,7-12H2. The first kappa shape index (κ1) is 12.1. The van der Waals surface area contributed by atoms with E-state index in [0.29, 0.717) is 6.04 Å². The molecule has 4 heteroatoms. The fraction of sp³-hybridized carbons (Fsp3) is 0.438. The second-order valence-corrected chi connectivity index (χ2v) is 5.55. The van der Waals surface area contributed by atoms with Crippen LogP contribution in [0.3, 0.4) is 0 Å². The Morgan fingerprint density at radius 1 is 1.05 bits per heavy atom. The van der Waals surface area contributed by atoms with Crippen molar-refractivity contribution >= 4 is 16.6 Å². The highest BCUT2D eigenvalue weighted by Gasteiger charge is 2.33. The van der Waals surface area contributed by atoms with Crippen LogP contribution in [-0.4, -0.2) is 55.3 Å². The molecule has 20 heavy (non-hydrogen) atoms. The van der Waals surface area contributed by atoms with Crippen molar-refractivity contribution in [3.8, 4) is 0 Å². The molecular formula is C16H19N3O. The lowest BCUT2D eigenvalue weighted by molar-refractivity contribution is 0.0106. The molecule has 0 radical (unpaired) electrons. The van der Waals surface area contributed by atoms with Crippen LogP contribution < -0.4 is 4.90 Å². The second-order valence-electron chi connectivity index (χ2n) is 5.55. The van der Waals surface area contributed by atoms with E-state index in [9.17, 15) is 0 Å². The summed E-state index contributed by atoms with van der Waals surface area (Å²) < 4.78 is 5.42. The predicted molar refractivity (Wildman–Crippen MR) is 80.1 cm³/mol. The summed E-state index contributed by atoms with van der Waals surface area (Å²) in [5.41, 5.74) is 2.40. The monoisotopic (exact) mass is 269 g/mol. The van der Waals surface area contributed by atoms with Crippen LogP contribution in [-0.2, 0) is 4.74 Å². The van der Waals surface area contributed by atoms with E-state index in [1.54, 1.807) is 0 Å². The number of pyridine rings is 1. The highest BCUT2D eigenvalue weighted by atomic mass is 16.5. The normalized spacial score (nSPS) is 21.1. The van der Waals surface area contributed by atoms with E-state index in [2.05, 4.69) is 39.0 Å². The second kappa shape index (κ2) is 5.04. The number of aromatic nitrogens is 1. The lowest BCUT2D eigenvalue weighted by atomic mass is 10.0. The van der Waals surface area contributed by atoms with Crippen LogP contribution in [0.2, 0.25) is 0 Å². The summed E-state index contributed by atoms with van der Waals surface area (Å²) in [5.74, 6) is 0. The molecule has 2 saturated heterocycles. The molecule has 0 atom stereocenters. The average Bonchev–Trinajstić information content (AvgIpc) is 2.47. The van der Waals surface area contributed by atoms with Crippen molar-refractivity contribution in [3.05, 3.63) is 36.5 Å². The third-order valence-electron chi connectivity index (χ3n) is 4.39. The summed E-state index contributed by atoms with van der Waals surface area (Å²) in [4.78, 5) is 9.46. The van der Waals surface area contributed by atoms with Crippen molar-refractivity contribution in [1.82, 2.24) is 9.88 Å². The van der Waals surface area contributed by atoms with Crippen molar-refractivity contribution in [1.29, 1.82) is 0 Å². The molecule has 1 aromatic carbocycles. The van der Waals surface area contributed by atoms with Crippen molar-refractivity contribution in [2.75, 3.05) is 44.3 Å². The Balaban J connectivity index is 1.51. The maximum Gasteiger partial charge on any atom is 0.0722 e. The minimum absolute atomic E-state index is 0.686. The van der Waals surface area contributed by atoms with Gasteiger partial charge in [-0.2, -0.15) is 0 Å². The Bertz CT molecular complexity index is 598. The van der Waals surface area contributed by atoms with Gasteiger partial charge in [-0.05, 0) is 12.1 Å². The first-order chi connectivity index (χ1) is 9.92. The van der Waals surface area contributed by atoms with E-state index >= 15 is 0 Å². The minimum Gasteiger partial charge on any atom is -0.379 e. The maximum absolute atomic E-state index is 5.42. The molecular weight excluding hydrogens is 250 g/mol. The number of benzene rings is 1. The highest BCUT2D eigenvalue weighted by molar-refractivity contribution is 5.91. The number of rotatable bonds is 2. The topological polar surface area (TPSA) is 28.6 Å². The number of hydrogen-bond donors (Lipinski definition) is 0. The average molecular weight is 269 g/mol. The maximum atomic E-state index is 5.42. The van der Waals surface area contributed by atoms with Gasteiger partial charge in [-0.1, -0.05) is 18.2 Å². The third kappa shape index (κ3) is 2.05. The molecule has 3 heterocycles. The van der Waals surface area contributed by atoms with Crippen LogP contribution in [0, 0.1) is 0 Å². The van der Waals surface area contributed by atoms with Gasteiger partial charge in [0.25, 0.3) is 0 Å². The summed E-state index contributed by atoms with van der Waals surface area (Å²) in [6.45, 7) is 6.16. The molecule has 0 N–H and O–H groups in total. The van der Waals surface area contributed by atoms with E-state index < -0.39 is 0 Å². The van der Waals surface area contributed by atoms with E-state index in [4.69, 9.17) is 4.74 Å². The number of anilines is 1. The zero-order valence-electron chi connectivity index (χ0n) is 11.5. The minimum atomic E-state index is 0.686. The molecule has 2 aromatic rings. The van der Waals surface area contributed by atoms with E-state index in [1.807, 2.05) is 12.3 Å². The van der Waals surface area contributed by atoms with Crippen molar-refractivity contribution in [2.45, 2.75) is 6.04 Å². The smallest absolute Gasteiger partial charge is 0.0722 e. The summed E-state index contributed by atoms with van der Waals surface area (Å²) in [6.07, 6.45) is 1.92. The van der Waals surface area contributed by atoms with Gasteiger partial charge in [-0.25, -0.2) is 0 Å². The van der Waals surface area contributed by atoms with Gasteiger partial charge in [-0.15, -0.1) is 0 Å². The lowest BCUT2D eigenvalue weighted by Crippen LogP contribution is -2.61.